The molecule has 0 unspecified atom stereocenters. The second-order valence-corrected chi connectivity index (χ2v) is 4.06. The van der Waals surface area contributed by atoms with E-state index >= 15 is 0 Å². The predicted octanol–water partition coefficient (Wildman–Crippen LogP) is 0.734. The number of rotatable bonds is 0. The minimum atomic E-state index is 0.990. The minimum Gasteiger partial charge on any atom is -0.368 e. The van der Waals surface area contributed by atoms with Gasteiger partial charge < -0.3 is 10.6 Å². The lowest BCUT2D eigenvalue weighted by Gasteiger charge is -2.12. The summed E-state index contributed by atoms with van der Waals surface area (Å²) in [5.74, 6) is 1.13. The minimum absolute atomic E-state index is 0.990. The Bertz CT molecular complexity index is 342. The van der Waals surface area contributed by atoms with Crippen molar-refractivity contribution in [2.24, 2.45) is 0 Å². The SMILES string of the molecule is C1CNc2nn3c(c2C1)CNCCC3. The monoisotopic (exact) mass is 192 g/mol. The highest BCUT2D eigenvalue weighted by Crippen LogP contribution is 2.25. The molecule has 76 valence electrons. The zero-order valence-electron chi connectivity index (χ0n) is 8.34. The first-order chi connectivity index (χ1) is 6.95. The van der Waals surface area contributed by atoms with E-state index in [1.807, 2.05) is 0 Å². The highest BCUT2D eigenvalue weighted by atomic mass is 15.3. The van der Waals surface area contributed by atoms with Crippen LogP contribution in [0.1, 0.15) is 24.1 Å². The third-order valence-corrected chi connectivity index (χ3v) is 3.08. The van der Waals surface area contributed by atoms with Crippen molar-refractivity contribution < 1.29 is 0 Å². The van der Waals surface area contributed by atoms with Crippen LogP contribution in [0.25, 0.3) is 0 Å². The average Bonchev–Trinajstić information content (AvgIpc) is 2.42. The van der Waals surface area contributed by atoms with Gasteiger partial charge in [0.15, 0.2) is 5.82 Å². The van der Waals surface area contributed by atoms with E-state index < -0.39 is 0 Å². The van der Waals surface area contributed by atoms with Crippen LogP contribution in [0.15, 0.2) is 0 Å². The first-order valence-electron chi connectivity index (χ1n) is 5.48. The van der Waals surface area contributed by atoms with Crippen LogP contribution in [0, 0.1) is 0 Å². The largest absolute Gasteiger partial charge is 0.368 e. The molecule has 0 saturated carbocycles. The molecule has 4 heteroatoms. The number of nitrogens with one attached hydrogen (secondary N) is 2. The predicted molar refractivity (Wildman–Crippen MR) is 55.4 cm³/mol. The molecule has 3 rings (SSSR count). The first-order valence-corrected chi connectivity index (χ1v) is 5.48. The maximum atomic E-state index is 4.62. The van der Waals surface area contributed by atoms with E-state index in [9.17, 15) is 0 Å². The molecule has 4 nitrogen and oxygen atoms in total. The Morgan fingerprint density at radius 2 is 2.21 bits per heavy atom. The Hall–Kier alpha value is -1.03. The van der Waals surface area contributed by atoms with E-state index in [0.29, 0.717) is 0 Å². The van der Waals surface area contributed by atoms with Gasteiger partial charge in [0.25, 0.3) is 0 Å². The maximum Gasteiger partial charge on any atom is 0.151 e. The molecule has 0 saturated heterocycles. The molecule has 0 spiro atoms. The molecular weight excluding hydrogens is 176 g/mol. The van der Waals surface area contributed by atoms with Crippen molar-refractivity contribution in [2.75, 3.05) is 18.4 Å². The molecule has 1 aromatic rings. The van der Waals surface area contributed by atoms with Crippen molar-refractivity contribution in [3.05, 3.63) is 11.3 Å². The Morgan fingerprint density at radius 3 is 3.21 bits per heavy atom. The van der Waals surface area contributed by atoms with E-state index in [4.69, 9.17) is 0 Å². The molecule has 2 N–H and O–H groups in total. The first kappa shape index (κ1) is 8.29. The fraction of sp³-hybridized carbons (Fsp3) is 0.700. The molecule has 0 aromatic carbocycles. The van der Waals surface area contributed by atoms with Gasteiger partial charge in [0.1, 0.15) is 0 Å². The standard InChI is InChI=1S/C10H16N4/c1-3-8-9-7-11-4-2-6-14(9)13-10(8)12-5-1/h11H,1-7H2,(H,12,13). The second kappa shape index (κ2) is 3.28. The van der Waals surface area contributed by atoms with E-state index in [0.717, 1.165) is 32.0 Å². The van der Waals surface area contributed by atoms with Gasteiger partial charge >= 0.3 is 0 Å². The average molecular weight is 192 g/mol. The van der Waals surface area contributed by atoms with Gasteiger partial charge in [-0.25, -0.2) is 0 Å². The molecule has 3 heterocycles. The third-order valence-electron chi connectivity index (χ3n) is 3.08. The molecule has 0 fully saturated rings. The summed E-state index contributed by atoms with van der Waals surface area (Å²) in [6, 6.07) is 0. The van der Waals surface area contributed by atoms with Gasteiger partial charge in [0.2, 0.25) is 0 Å². The Labute approximate surface area is 83.7 Å². The smallest absolute Gasteiger partial charge is 0.151 e. The summed E-state index contributed by atoms with van der Waals surface area (Å²) >= 11 is 0. The lowest BCUT2D eigenvalue weighted by molar-refractivity contribution is 0.589. The summed E-state index contributed by atoms with van der Waals surface area (Å²) in [4.78, 5) is 0. The number of anilines is 1. The van der Waals surface area contributed by atoms with E-state index in [-0.39, 0.29) is 0 Å². The Balaban J connectivity index is 2.04. The molecular formula is C10H16N4. The highest BCUT2D eigenvalue weighted by Gasteiger charge is 2.20. The van der Waals surface area contributed by atoms with Crippen molar-refractivity contribution in [3.63, 3.8) is 0 Å². The molecule has 0 radical (unpaired) electrons. The Kier molecular flexibility index (Phi) is 1.94. The summed E-state index contributed by atoms with van der Waals surface area (Å²) in [6.07, 6.45) is 3.62. The number of fused-ring (bicyclic) bond motifs is 3. The highest BCUT2D eigenvalue weighted by molar-refractivity contribution is 5.49. The quantitative estimate of drug-likeness (QED) is 0.637. The molecule has 2 aliphatic rings. The van der Waals surface area contributed by atoms with Crippen LogP contribution in [0.5, 0.6) is 0 Å². The summed E-state index contributed by atoms with van der Waals surface area (Å²) in [5, 5.41) is 11.4. The fourth-order valence-electron chi connectivity index (χ4n) is 2.35. The molecule has 0 aliphatic carbocycles. The number of aromatic nitrogens is 2. The van der Waals surface area contributed by atoms with Gasteiger partial charge in [-0.1, -0.05) is 0 Å². The summed E-state index contributed by atoms with van der Waals surface area (Å²) in [7, 11) is 0. The summed E-state index contributed by atoms with van der Waals surface area (Å²) in [5.41, 5.74) is 2.86. The van der Waals surface area contributed by atoms with E-state index in [2.05, 4.69) is 20.4 Å². The van der Waals surface area contributed by atoms with Crippen LogP contribution in [-0.4, -0.2) is 22.9 Å². The van der Waals surface area contributed by atoms with E-state index in [1.54, 1.807) is 0 Å². The van der Waals surface area contributed by atoms with Crippen LogP contribution >= 0.6 is 0 Å². The number of nitrogens with zero attached hydrogens (tertiary/aromatic N) is 2. The number of aryl methyl sites for hydroxylation is 1. The molecule has 0 atom stereocenters. The molecule has 2 aliphatic heterocycles. The lowest BCUT2D eigenvalue weighted by atomic mass is 10.1. The molecule has 1 aromatic heterocycles. The Morgan fingerprint density at radius 1 is 1.21 bits per heavy atom. The van der Waals surface area contributed by atoms with Crippen molar-refractivity contribution in [1.82, 2.24) is 15.1 Å². The number of hydrogen-bond donors (Lipinski definition) is 2. The van der Waals surface area contributed by atoms with Crippen molar-refractivity contribution in [1.29, 1.82) is 0 Å². The second-order valence-electron chi connectivity index (χ2n) is 4.06. The van der Waals surface area contributed by atoms with Crippen LogP contribution in [-0.2, 0) is 19.5 Å². The fourth-order valence-corrected chi connectivity index (χ4v) is 2.35. The van der Waals surface area contributed by atoms with Gasteiger partial charge in [-0.15, -0.1) is 0 Å². The van der Waals surface area contributed by atoms with Gasteiger partial charge in [-0.2, -0.15) is 5.10 Å². The lowest BCUT2D eigenvalue weighted by Crippen LogP contribution is -2.16. The normalized spacial score (nSPS) is 20.6. The third kappa shape index (κ3) is 1.21. The topological polar surface area (TPSA) is 41.9 Å². The molecule has 0 bridgehead atoms. The molecule has 14 heavy (non-hydrogen) atoms. The van der Waals surface area contributed by atoms with Crippen LogP contribution < -0.4 is 10.6 Å². The van der Waals surface area contributed by atoms with Crippen LogP contribution in [0.3, 0.4) is 0 Å². The zero-order valence-corrected chi connectivity index (χ0v) is 8.34. The maximum absolute atomic E-state index is 4.62. The van der Waals surface area contributed by atoms with Crippen LogP contribution in [0.4, 0.5) is 5.82 Å². The number of hydrogen-bond acceptors (Lipinski definition) is 3. The van der Waals surface area contributed by atoms with Crippen molar-refractivity contribution >= 4 is 5.82 Å². The van der Waals surface area contributed by atoms with Crippen molar-refractivity contribution in [2.45, 2.75) is 32.4 Å². The van der Waals surface area contributed by atoms with Crippen molar-refractivity contribution in [3.8, 4) is 0 Å². The summed E-state index contributed by atoms with van der Waals surface area (Å²) in [6.45, 7) is 4.25. The van der Waals surface area contributed by atoms with Gasteiger partial charge in [0, 0.05) is 25.2 Å². The van der Waals surface area contributed by atoms with E-state index in [1.165, 1.54) is 30.5 Å². The summed E-state index contributed by atoms with van der Waals surface area (Å²) < 4.78 is 2.18. The van der Waals surface area contributed by atoms with Gasteiger partial charge in [0.05, 0.1) is 5.69 Å². The zero-order chi connectivity index (χ0) is 9.38. The van der Waals surface area contributed by atoms with Gasteiger partial charge in [-0.05, 0) is 25.8 Å². The van der Waals surface area contributed by atoms with Gasteiger partial charge in [-0.3, -0.25) is 4.68 Å². The van der Waals surface area contributed by atoms with Crippen LogP contribution in [0.2, 0.25) is 0 Å². The molecule has 0 amide bonds.